The van der Waals surface area contributed by atoms with E-state index in [1.54, 1.807) is 0 Å². The molecule has 2 aromatic rings. The Morgan fingerprint density at radius 3 is 2.39 bits per heavy atom. The predicted molar refractivity (Wildman–Crippen MR) is 113 cm³/mol. The molecule has 28 heavy (non-hydrogen) atoms. The SMILES string of the molecule is O=C(Nc1ccc(N2CCN(Cc3ccccc3)CC2)cn1)C1CCCCC1. The van der Waals surface area contributed by atoms with Crippen molar-refractivity contribution in [3.8, 4) is 0 Å². The second-order valence-electron chi connectivity index (χ2n) is 7.97. The number of anilines is 2. The largest absolute Gasteiger partial charge is 0.368 e. The zero-order valence-electron chi connectivity index (χ0n) is 16.5. The molecule has 0 unspecified atom stereocenters. The number of aromatic nitrogens is 1. The number of nitrogens with one attached hydrogen (secondary N) is 1. The number of benzene rings is 1. The van der Waals surface area contributed by atoms with Crippen LogP contribution in [0.3, 0.4) is 0 Å². The zero-order valence-corrected chi connectivity index (χ0v) is 16.5. The molecule has 2 fully saturated rings. The Hall–Kier alpha value is -2.40. The van der Waals surface area contributed by atoms with Crippen molar-refractivity contribution in [2.45, 2.75) is 38.6 Å². The molecule has 1 saturated carbocycles. The summed E-state index contributed by atoms with van der Waals surface area (Å²) in [5.74, 6) is 0.962. The van der Waals surface area contributed by atoms with Crippen molar-refractivity contribution in [1.29, 1.82) is 0 Å². The van der Waals surface area contributed by atoms with Gasteiger partial charge in [-0.2, -0.15) is 0 Å². The van der Waals surface area contributed by atoms with Crippen LogP contribution in [-0.2, 0) is 11.3 Å². The summed E-state index contributed by atoms with van der Waals surface area (Å²) in [7, 11) is 0. The molecule has 1 N–H and O–H groups in total. The molecule has 1 saturated heterocycles. The topological polar surface area (TPSA) is 48.5 Å². The maximum absolute atomic E-state index is 12.4. The lowest BCUT2D eigenvalue weighted by Gasteiger charge is -2.36. The number of rotatable bonds is 5. The van der Waals surface area contributed by atoms with E-state index < -0.39 is 0 Å². The van der Waals surface area contributed by atoms with Gasteiger partial charge >= 0.3 is 0 Å². The van der Waals surface area contributed by atoms with Gasteiger partial charge in [-0.25, -0.2) is 4.98 Å². The first-order valence-electron chi connectivity index (χ1n) is 10.6. The third-order valence-corrected chi connectivity index (χ3v) is 5.96. The second kappa shape index (κ2) is 9.20. The molecule has 1 amide bonds. The fourth-order valence-corrected chi connectivity index (χ4v) is 4.25. The Morgan fingerprint density at radius 1 is 0.964 bits per heavy atom. The summed E-state index contributed by atoms with van der Waals surface area (Å²) in [5.41, 5.74) is 2.51. The standard InChI is InChI=1S/C23H30N4O/c28-23(20-9-5-2-6-10-20)25-22-12-11-21(17-24-22)27-15-13-26(14-16-27)18-19-7-3-1-4-8-19/h1,3-4,7-8,11-12,17,20H,2,5-6,9-10,13-16,18H2,(H,24,25,28). The minimum absolute atomic E-state index is 0.134. The quantitative estimate of drug-likeness (QED) is 0.857. The molecule has 5 nitrogen and oxygen atoms in total. The van der Waals surface area contributed by atoms with Gasteiger partial charge in [-0.05, 0) is 30.5 Å². The van der Waals surface area contributed by atoms with Gasteiger partial charge in [0.25, 0.3) is 0 Å². The zero-order chi connectivity index (χ0) is 19.2. The first-order valence-corrected chi connectivity index (χ1v) is 10.6. The molecule has 1 aromatic heterocycles. The fraction of sp³-hybridized carbons (Fsp3) is 0.478. The predicted octanol–water partition coefficient (Wildman–Crippen LogP) is 3.92. The van der Waals surface area contributed by atoms with E-state index in [2.05, 4.69) is 56.5 Å². The summed E-state index contributed by atoms with van der Waals surface area (Å²) in [6.45, 7) is 5.12. The number of piperazine rings is 1. The third kappa shape index (κ3) is 4.90. The van der Waals surface area contributed by atoms with Gasteiger partial charge in [0.15, 0.2) is 0 Å². The Balaban J connectivity index is 1.27. The maximum Gasteiger partial charge on any atom is 0.228 e. The summed E-state index contributed by atoms with van der Waals surface area (Å²) < 4.78 is 0. The first-order chi connectivity index (χ1) is 13.8. The highest BCUT2D eigenvalue weighted by molar-refractivity contribution is 5.91. The lowest BCUT2D eigenvalue weighted by atomic mass is 9.89. The van der Waals surface area contributed by atoms with Crippen molar-refractivity contribution in [3.63, 3.8) is 0 Å². The highest BCUT2D eigenvalue weighted by atomic mass is 16.1. The second-order valence-corrected chi connectivity index (χ2v) is 7.97. The molecule has 2 heterocycles. The van der Waals surface area contributed by atoms with Crippen LogP contribution in [0.15, 0.2) is 48.7 Å². The van der Waals surface area contributed by atoms with Crippen molar-refractivity contribution < 1.29 is 4.79 Å². The number of pyridine rings is 1. The average Bonchev–Trinajstić information content (AvgIpc) is 2.76. The molecule has 2 aliphatic rings. The van der Waals surface area contributed by atoms with Gasteiger partial charge in [0.05, 0.1) is 11.9 Å². The smallest absolute Gasteiger partial charge is 0.228 e. The van der Waals surface area contributed by atoms with Gasteiger partial charge in [0, 0.05) is 38.6 Å². The van der Waals surface area contributed by atoms with Gasteiger partial charge < -0.3 is 10.2 Å². The summed E-state index contributed by atoms with van der Waals surface area (Å²) >= 11 is 0. The molecule has 0 radical (unpaired) electrons. The summed E-state index contributed by atoms with van der Waals surface area (Å²) in [6, 6.07) is 14.7. The van der Waals surface area contributed by atoms with E-state index in [4.69, 9.17) is 0 Å². The fourth-order valence-electron chi connectivity index (χ4n) is 4.25. The molecule has 148 valence electrons. The van der Waals surface area contributed by atoms with Crippen molar-refractivity contribution in [1.82, 2.24) is 9.88 Å². The number of carbonyl (C=O) groups excluding carboxylic acids is 1. The number of amides is 1. The summed E-state index contributed by atoms with van der Waals surface area (Å²) in [5, 5.41) is 3.00. The van der Waals surface area contributed by atoms with Crippen LogP contribution in [0.4, 0.5) is 11.5 Å². The van der Waals surface area contributed by atoms with Crippen LogP contribution in [0.2, 0.25) is 0 Å². The Labute approximate surface area is 167 Å². The molecule has 4 rings (SSSR count). The minimum atomic E-state index is 0.134. The van der Waals surface area contributed by atoms with Crippen LogP contribution in [-0.4, -0.2) is 42.0 Å². The van der Waals surface area contributed by atoms with Gasteiger partial charge in [0.1, 0.15) is 5.82 Å². The highest BCUT2D eigenvalue weighted by Crippen LogP contribution is 2.25. The van der Waals surface area contributed by atoms with Crippen LogP contribution in [0.1, 0.15) is 37.7 Å². The van der Waals surface area contributed by atoms with E-state index in [0.717, 1.165) is 51.3 Å². The molecular weight excluding hydrogens is 348 g/mol. The lowest BCUT2D eigenvalue weighted by Crippen LogP contribution is -2.46. The summed E-state index contributed by atoms with van der Waals surface area (Å²) in [6.07, 6.45) is 7.51. The third-order valence-electron chi connectivity index (χ3n) is 5.96. The van der Waals surface area contributed by atoms with Crippen molar-refractivity contribution in [2.75, 3.05) is 36.4 Å². The minimum Gasteiger partial charge on any atom is -0.368 e. The van der Waals surface area contributed by atoms with Crippen molar-refractivity contribution >= 4 is 17.4 Å². The van der Waals surface area contributed by atoms with Crippen LogP contribution in [0.25, 0.3) is 0 Å². The number of carbonyl (C=O) groups is 1. The number of nitrogens with zero attached hydrogens (tertiary/aromatic N) is 3. The lowest BCUT2D eigenvalue weighted by molar-refractivity contribution is -0.120. The normalized spacial score (nSPS) is 18.8. The molecule has 0 bridgehead atoms. The van der Waals surface area contributed by atoms with E-state index in [-0.39, 0.29) is 11.8 Å². The van der Waals surface area contributed by atoms with Crippen molar-refractivity contribution in [3.05, 3.63) is 54.2 Å². The van der Waals surface area contributed by atoms with E-state index in [1.807, 2.05) is 12.3 Å². The Kier molecular flexibility index (Phi) is 6.22. The van der Waals surface area contributed by atoms with E-state index >= 15 is 0 Å². The number of hydrogen-bond acceptors (Lipinski definition) is 4. The van der Waals surface area contributed by atoms with Crippen molar-refractivity contribution in [2.24, 2.45) is 5.92 Å². The molecule has 0 spiro atoms. The van der Waals surface area contributed by atoms with Crippen LogP contribution >= 0.6 is 0 Å². The summed E-state index contributed by atoms with van der Waals surface area (Å²) in [4.78, 5) is 21.7. The molecule has 1 aliphatic carbocycles. The molecule has 0 atom stereocenters. The van der Waals surface area contributed by atoms with E-state index in [0.29, 0.717) is 5.82 Å². The molecule has 5 heteroatoms. The Morgan fingerprint density at radius 2 is 1.71 bits per heavy atom. The van der Waals surface area contributed by atoms with Gasteiger partial charge in [0.2, 0.25) is 5.91 Å². The van der Waals surface area contributed by atoms with Gasteiger partial charge in [-0.1, -0.05) is 49.6 Å². The Bertz CT molecular complexity index is 748. The monoisotopic (exact) mass is 378 g/mol. The molecular formula is C23H30N4O. The molecule has 1 aliphatic heterocycles. The molecule has 1 aromatic carbocycles. The van der Waals surface area contributed by atoms with Gasteiger partial charge in [-0.3, -0.25) is 9.69 Å². The van der Waals surface area contributed by atoms with Crippen LogP contribution in [0.5, 0.6) is 0 Å². The average molecular weight is 379 g/mol. The van der Waals surface area contributed by atoms with Gasteiger partial charge in [-0.15, -0.1) is 0 Å². The highest BCUT2D eigenvalue weighted by Gasteiger charge is 2.22. The maximum atomic E-state index is 12.4. The van der Waals surface area contributed by atoms with E-state index in [1.165, 1.54) is 24.8 Å². The van der Waals surface area contributed by atoms with E-state index in [9.17, 15) is 4.79 Å². The van der Waals surface area contributed by atoms with Crippen LogP contribution < -0.4 is 10.2 Å². The number of hydrogen-bond donors (Lipinski definition) is 1. The first kappa shape index (κ1) is 18.9. The van der Waals surface area contributed by atoms with Crippen LogP contribution in [0, 0.1) is 5.92 Å².